The van der Waals surface area contributed by atoms with E-state index in [0.717, 1.165) is 24.8 Å². The van der Waals surface area contributed by atoms with Gasteiger partial charge in [-0.2, -0.15) is 0 Å². The highest BCUT2D eigenvalue weighted by molar-refractivity contribution is 7.92. The summed E-state index contributed by atoms with van der Waals surface area (Å²) >= 11 is 6.22. The Morgan fingerprint density at radius 2 is 1.65 bits per heavy atom. The number of methoxy groups -OCH3 is 1. The summed E-state index contributed by atoms with van der Waals surface area (Å²) in [4.78, 5) is 47.9. The summed E-state index contributed by atoms with van der Waals surface area (Å²) in [5.74, 6) is -2.67. The van der Waals surface area contributed by atoms with Crippen LogP contribution in [0.3, 0.4) is 0 Å². The van der Waals surface area contributed by atoms with Crippen LogP contribution in [0.25, 0.3) is 0 Å². The Labute approximate surface area is 255 Å². The number of amides is 3. The average molecular weight is 641 g/mol. The topological polar surface area (TPSA) is 192 Å². The molecular weight excluding hydrogens is 604 g/mol. The Morgan fingerprint density at radius 1 is 1.02 bits per heavy atom. The fourth-order valence-electron chi connectivity index (χ4n) is 3.63. The van der Waals surface area contributed by atoms with E-state index in [1.807, 2.05) is 0 Å². The van der Waals surface area contributed by atoms with Crippen molar-refractivity contribution in [3.63, 3.8) is 0 Å². The maximum atomic E-state index is 13.1. The second-order valence-electron chi connectivity index (χ2n) is 10.8. The Balaban J connectivity index is 2.12. The van der Waals surface area contributed by atoms with Crippen LogP contribution in [-0.4, -0.2) is 57.8 Å². The van der Waals surface area contributed by atoms with E-state index in [-0.39, 0.29) is 16.6 Å². The van der Waals surface area contributed by atoms with Crippen LogP contribution < -0.4 is 25.8 Å². The van der Waals surface area contributed by atoms with Crippen LogP contribution in [-0.2, 0) is 30.7 Å². The molecule has 0 bridgehead atoms. The van der Waals surface area contributed by atoms with Gasteiger partial charge in [0.05, 0.1) is 22.6 Å². The van der Waals surface area contributed by atoms with Crippen molar-refractivity contribution in [1.82, 2.24) is 10.6 Å². The lowest BCUT2D eigenvalue weighted by Gasteiger charge is -2.20. The van der Waals surface area contributed by atoms with Crippen molar-refractivity contribution in [3.05, 3.63) is 52.5 Å². The van der Waals surface area contributed by atoms with E-state index in [1.165, 1.54) is 0 Å². The van der Waals surface area contributed by atoms with Crippen molar-refractivity contribution in [1.29, 1.82) is 0 Å². The molecule has 13 nitrogen and oxygen atoms in total. The molecule has 15 heteroatoms. The zero-order valence-electron chi connectivity index (χ0n) is 24.8. The first-order valence-corrected chi connectivity index (χ1v) is 15.1. The zero-order valence-corrected chi connectivity index (χ0v) is 26.4. The minimum absolute atomic E-state index is 0.231. The second-order valence-corrected chi connectivity index (χ2v) is 12.8. The SMILES string of the molecule is COC(=O)[C@@H](NC(=O)Oc1c(Cl)cc(S(=O)(=O)Nc2ccc(CCCNC(=O)OC(C)(C)C)cc2)cc1C(N)=O)C(C)C. The number of primary amides is 1. The molecule has 43 heavy (non-hydrogen) atoms. The Hall–Kier alpha value is -4.04. The number of esters is 1. The summed E-state index contributed by atoms with van der Waals surface area (Å²) in [6.07, 6.45) is -0.389. The lowest BCUT2D eigenvalue weighted by atomic mass is 10.1. The van der Waals surface area contributed by atoms with Gasteiger partial charge in [-0.15, -0.1) is 0 Å². The number of aryl methyl sites for hydroxylation is 1. The van der Waals surface area contributed by atoms with Gasteiger partial charge >= 0.3 is 18.2 Å². The predicted octanol–water partition coefficient (Wildman–Crippen LogP) is 3.98. The zero-order chi connectivity index (χ0) is 32.5. The molecule has 236 valence electrons. The summed E-state index contributed by atoms with van der Waals surface area (Å²) in [6, 6.07) is 7.41. The van der Waals surface area contributed by atoms with Gasteiger partial charge in [0.25, 0.3) is 15.9 Å². The molecule has 0 fully saturated rings. The molecule has 2 rings (SSSR count). The van der Waals surface area contributed by atoms with E-state index in [1.54, 1.807) is 58.9 Å². The maximum absolute atomic E-state index is 13.1. The number of hydrogen-bond acceptors (Lipinski definition) is 9. The average Bonchev–Trinajstić information content (AvgIpc) is 2.89. The van der Waals surface area contributed by atoms with Crippen molar-refractivity contribution in [2.45, 2.75) is 64.0 Å². The number of hydrogen-bond donors (Lipinski definition) is 4. The molecular formula is C28H37ClN4O9S. The molecule has 0 saturated carbocycles. The van der Waals surface area contributed by atoms with Gasteiger partial charge in [-0.3, -0.25) is 9.52 Å². The first kappa shape index (κ1) is 35.2. The third-order valence-electron chi connectivity index (χ3n) is 5.70. The number of sulfonamides is 1. The van der Waals surface area contributed by atoms with Crippen LogP contribution in [0.2, 0.25) is 5.02 Å². The van der Waals surface area contributed by atoms with E-state index in [4.69, 9.17) is 26.8 Å². The lowest BCUT2D eigenvalue weighted by Crippen LogP contribution is -2.46. The van der Waals surface area contributed by atoms with Gasteiger partial charge in [-0.25, -0.2) is 22.8 Å². The largest absolute Gasteiger partial charge is 0.467 e. The van der Waals surface area contributed by atoms with Crippen LogP contribution in [0.4, 0.5) is 15.3 Å². The highest BCUT2D eigenvalue weighted by atomic mass is 35.5. The van der Waals surface area contributed by atoms with E-state index in [9.17, 15) is 27.6 Å². The number of ether oxygens (including phenoxy) is 3. The van der Waals surface area contributed by atoms with Gasteiger partial charge in [0.1, 0.15) is 11.6 Å². The van der Waals surface area contributed by atoms with E-state index in [2.05, 4.69) is 20.1 Å². The number of halogens is 1. The maximum Gasteiger partial charge on any atom is 0.413 e. The molecule has 1 atom stereocenters. The number of alkyl carbamates (subject to hydrolysis) is 1. The summed E-state index contributed by atoms with van der Waals surface area (Å²) in [5.41, 5.74) is 5.50. The quantitative estimate of drug-likeness (QED) is 0.196. The minimum Gasteiger partial charge on any atom is -0.467 e. The van der Waals surface area contributed by atoms with Gasteiger partial charge in [0.15, 0.2) is 5.75 Å². The molecule has 0 aliphatic carbocycles. The fraction of sp³-hybridized carbons (Fsp3) is 0.429. The van der Waals surface area contributed by atoms with Crippen LogP contribution >= 0.6 is 11.6 Å². The third kappa shape index (κ3) is 10.9. The van der Waals surface area contributed by atoms with Gasteiger partial charge in [-0.1, -0.05) is 37.6 Å². The van der Waals surface area contributed by atoms with Crippen molar-refractivity contribution in [2.75, 3.05) is 18.4 Å². The number of benzene rings is 2. The van der Waals surface area contributed by atoms with Crippen LogP contribution in [0, 0.1) is 5.92 Å². The number of rotatable bonds is 12. The Bertz CT molecular complexity index is 1440. The predicted molar refractivity (Wildman–Crippen MR) is 160 cm³/mol. The molecule has 0 aliphatic heterocycles. The van der Waals surface area contributed by atoms with Crippen molar-refractivity contribution < 1.29 is 41.8 Å². The summed E-state index contributed by atoms with van der Waals surface area (Å²) in [6.45, 7) is 9.05. The fourth-order valence-corrected chi connectivity index (χ4v) is 5.07. The molecule has 0 saturated heterocycles. The van der Waals surface area contributed by atoms with Gasteiger partial charge in [0, 0.05) is 12.2 Å². The second kappa shape index (κ2) is 14.9. The molecule has 2 aromatic carbocycles. The van der Waals surface area contributed by atoms with Gasteiger partial charge in [-0.05, 0) is 69.4 Å². The Morgan fingerprint density at radius 3 is 2.19 bits per heavy atom. The molecule has 0 heterocycles. The highest BCUT2D eigenvalue weighted by Gasteiger charge is 2.28. The lowest BCUT2D eigenvalue weighted by molar-refractivity contribution is -0.144. The number of nitrogens with two attached hydrogens (primary N) is 1. The van der Waals surface area contributed by atoms with Crippen molar-refractivity contribution >= 4 is 51.4 Å². The number of carbonyl (C=O) groups excluding carboxylic acids is 4. The first-order valence-electron chi connectivity index (χ1n) is 13.2. The molecule has 0 aliphatic rings. The molecule has 2 aromatic rings. The molecule has 3 amide bonds. The van der Waals surface area contributed by atoms with Crippen LogP contribution in [0.15, 0.2) is 41.3 Å². The van der Waals surface area contributed by atoms with E-state index < -0.39 is 61.9 Å². The molecule has 0 unspecified atom stereocenters. The smallest absolute Gasteiger partial charge is 0.413 e. The Kier molecular flexibility index (Phi) is 12.2. The monoisotopic (exact) mass is 640 g/mol. The van der Waals surface area contributed by atoms with Gasteiger partial charge < -0.3 is 30.6 Å². The summed E-state index contributed by atoms with van der Waals surface area (Å²) in [7, 11) is -3.11. The highest BCUT2D eigenvalue weighted by Crippen LogP contribution is 2.33. The van der Waals surface area contributed by atoms with E-state index in [0.29, 0.717) is 19.4 Å². The van der Waals surface area contributed by atoms with Crippen molar-refractivity contribution in [2.24, 2.45) is 11.7 Å². The number of carbonyl (C=O) groups is 4. The molecule has 0 radical (unpaired) electrons. The molecule has 5 N–H and O–H groups in total. The number of nitrogens with one attached hydrogen (secondary N) is 3. The van der Waals surface area contributed by atoms with Crippen LogP contribution in [0.5, 0.6) is 5.75 Å². The van der Waals surface area contributed by atoms with Crippen LogP contribution in [0.1, 0.15) is 57.0 Å². The standard InChI is InChI=1S/C28H37ClN4O9S/c1-16(2)22(25(35)40-6)32-27(37)41-23-20(24(30)34)14-19(15-21(23)29)43(38,39)33-18-11-9-17(10-12-18)8-7-13-31-26(36)42-28(3,4)5/h9-12,14-16,22,33H,7-8,13H2,1-6H3,(H2,30,34)(H,31,36)(H,32,37)/t22-/m0/s1. The first-order chi connectivity index (χ1) is 19.9. The summed E-state index contributed by atoms with van der Waals surface area (Å²) < 4.78 is 43.6. The van der Waals surface area contributed by atoms with Crippen molar-refractivity contribution in [3.8, 4) is 5.75 Å². The summed E-state index contributed by atoms with van der Waals surface area (Å²) in [5, 5.41) is 4.61. The third-order valence-corrected chi connectivity index (χ3v) is 7.34. The molecule has 0 spiro atoms. The molecule has 0 aromatic heterocycles. The van der Waals surface area contributed by atoms with Gasteiger partial charge in [0.2, 0.25) is 0 Å². The minimum atomic E-state index is -4.26. The normalized spacial score (nSPS) is 12.2. The van der Waals surface area contributed by atoms with E-state index >= 15 is 0 Å². The number of anilines is 1.